The van der Waals surface area contributed by atoms with Gasteiger partial charge in [-0.3, -0.25) is 0 Å². The number of nitrogens with one attached hydrogen (secondary N) is 1. The summed E-state index contributed by atoms with van der Waals surface area (Å²) in [5, 5.41) is 0. The molecule has 5 nitrogen and oxygen atoms in total. The minimum absolute atomic E-state index is 0.168. The molecule has 7 heteroatoms. The van der Waals surface area contributed by atoms with Crippen LogP contribution in [0.25, 0.3) is 0 Å². The molecule has 0 spiro atoms. The van der Waals surface area contributed by atoms with Gasteiger partial charge in [0, 0.05) is 39.3 Å². The van der Waals surface area contributed by atoms with E-state index < -0.39 is 15.8 Å². The van der Waals surface area contributed by atoms with E-state index in [-0.39, 0.29) is 10.8 Å². The Hall–Kier alpha value is -1.02. The fraction of sp³-hybridized carbons (Fsp3) is 0.625. The first-order valence-corrected chi connectivity index (χ1v) is 9.43. The van der Waals surface area contributed by atoms with Crippen molar-refractivity contribution in [2.75, 3.05) is 46.3 Å². The van der Waals surface area contributed by atoms with Crippen LogP contribution in [-0.2, 0) is 10.0 Å². The summed E-state index contributed by atoms with van der Waals surface area (Å²) in [5.41, 5.74) is 0.699. The van der Waals surface area contributed by atoms with Gasteiger partial charge in [-0.1, -0.05) is 13.0 Å². The molecule has 1 heterocycles. The lowest BCUT2D eigenvalue weighted by molar-refractivity contribution is 0.139. The number of aryl methyl sites for hydroxylation is 1. The molecule has 1 saturated heterocycles. The lowest BCUT2D eigenvalue weighted by atomic mass is 10.1. The molecule has 130 valence electrons. The van der Waals surface area contributed by atoms with E-state index in [4.69, 9.17) is 0 Å². The van der Waals surface area contributed by atoms with Crippen molar-refractivity contribution in [3.63, 3.8) is 0 Å². The van der Waals surface area contributed by atoms with Gasteiger partial charge >= 0.3 is 0 Å². The summed E-state index contributed by atoms with van der Waals surface area (Å²) in [6.07, 6.45) is 0. The van der Waals surface area contributed by atoms with Crippen LogP contribution < -0.4 is 4.72 Å². The van der Waals surface area contributed by atoms with Gasteiger partial charge in [-0.2, -0.15) is 0 Å². The molecular weight excluding hydrogens is 317 g/mol. The van der Waals surface area contributed by atoms with E-state index in [9.17, 15) is 12.8 Å². The number of sulfonamides is 1. The zero-order valence-electron chi connectivity index (χ0n) is 14.0. The van der Waals surface area contributed by atoms with Gasteiger partial charge in [-0.15, -0.1) is 0 Å². The van der Waals surface area contributed by atoms with Crippen LogP contribution in [0.3, 0.4) is 0 Å². The fourth-order valence-electron chi connectivity index (χ4n) is 2.69. The number of hydrogen-bond donors (Lipinski definition) is 1. The molecule has 0 saturated carbocycles. The predicted octanol–water partition coefficient (Wildman–Crippen LogP) is 1.30. The van der Waals surface area contributed by atoms with Crippen molar-refractivity contribution in [2.45, 2.75) is 18.7 Å². The molecule has 0 aliphatic carbocycles. The SMILES string of the molecule is Cc1ccc(S(=O)(=O)NC[C@H](C)CN2CCN(C)CC2)c(F)c1. The Morgan fingerprint density at radius 3 is 2.52 bits per heavy atom. The van der Waals surface area contributed by atoms with Crippen LogP contribution in [0.2, 0.25) is 0 Å². The number of piperazine rings is 1. The second kappa shape index (κ2) is 7.70. The number of nitrogens with zero attached hydrogens (tertiary/aromatic N) is 2. The van der Waals surface area contributed by atoms with Crippen molar-refractivity contribution in [2.24, 2.45) is 5.92 Å². The maximum Gasteiger partial charge on any atom is 0.243 e. The van der Waals surface area contributed by atoms with Crippen LogP contribution in [0.4, 0.5) is 4.39 Å². The zero-order chi connectivity index (χ0) is 17.0. The molecule has 0 radical (unpaired) electrons. The van der Waals surface area contributed by atoms with Gasteiger partial charge in [0.05, 0.1) is 0 Å². The van der Waals surface area contributed by atoms with Crippen molar-refractivity contribution in [3.8, 4) is 0 Å². The second-order valence-corrected chi connectivity index (χ2v) is 8.23. The molecule has 0 aromatic heterocycles. The Morgan fingerprint density at radius 1 is 1.26 bits per heavy atom. The van der Waals surface area contributed by atoms with Crippen LogP contribution in [0, 0.1) is 18.7 Å². The summed E-state index contributed by atoms with van der Waals surface area (Å²) in [4.78, 5) is 4.34. The topological polar surface area (TPSA) is 52.7 Å². The first-order chi connectivity index (χ1) is 10.8. The van der Waals surface area contributed by atoms with E-state index in [0.717, 1.165) is 32.7 Å². The van der Waals surface area contributed by atoms with Crippen LogP contribution in [0.5, 0.6) is 0 Å². The molecule has 1 aromatic carbocycles. The van der Waals surface area contributed by atoms with Crippen molar-refractivity contribution in [1.82, 2.24) is 14.5 Å². The third kappa shape index (κ3) is 5.24. The molecule has 1 N–H and O–H groups in total. The van der Waals surface area contributed by atoms with E-state index in [1.165, 1.54) is 12.1 Å². The maximum atomic E-state index is 13.8. The number of benzene rings is 1. The standard InChI is InChI=1S/C16H26FN3O2S/c1-13-4-5-16(15(17)10-13)23(21,22)18-11-14(2)12-20-8-6-19(3)7-9-20/h4-5,10,14,18H,6-9,11-12H2,1-3H3/t14-/m0/s1. The monoisotopic (exact) mass is 343 g/mol. The quantitative estimate of drug-likeness (QED) is 0.846. The smallest absolute Gasteiger partial charge is 0.243 e. The van der Waals surface area contributed by atoms with E-state index in [0.29, 0.717) is 12.1 Å². The van der Waals surface area contributed by atoms with Gasteiger partial charge in [0.15, 0.2) is 0 Å². The number of halogens is 1. The molecule has 1 aliphatic rings. The van der Waals surface area contributed by atoms with Crippen LogP contribution in [0.1, 0.15) is 12.5 Å². The van der Waals surface area contributed by atoms with Gasteiger partial charge in [0.2, 0.25) is 10.0 Å². The third-order valence-electron chi connectivity index (χ3n) is 4.16. The van der Waals surface area contributed by atoms with Gasteiger partial charge in [0.25, 0.3) is 0 Å². The Kier molecular flexibility index (Phi) is 6.13. The molecule has 0 amide bonds. The Balaban J connectivity index is 1.88. The van der Waals surface area contributed by atoms with E-state index in [1.807, 2.05) is 6.92 Å². The lowest BCUT2D eigenvalue weighted by Crippen LogP contribution is -2.46. The molecule has 1 fully saturated rings. The minimum atomic E-state index is -3.80. The van der Waals surface area contributed by atoms with E-state index in [2.05, 4.69) is 21.6 Å². The summed E-state index contributed by atoms with van der Waals surface area (Å²) in [5.74, 6) is -0.536. The molecule has 23 heavy (non-hydrogen) atoms. The molecule has 0 bridgehead atoms. The summed E-state index contributed by atoms with van der Waals surface area (Å²) >= 11 is 0. The third-order valence-corrected chi connectivity index (χ3v) is 5.62. The van der Waals surface area contributed by atoms with Crippen molar-refractivity contribution >= 4 is 10.0 Å². The average molecular weight is 343 g/mol. The van der Waals surface area contributed by atoms with Gasteiger partial charge in [0.1, 0.15) is 10.7 Å². The molecule has 0 unspecified atom stereocenters. The van der Waals surface area contributed by atoms with Crippen LogP contribution in [0.15, 0.2) is 23.1 Å². The number of hydrogen-bond acceptors (Lipinski definition) is 4. The summed E-state index contributed by atoms with van der Waals surface area (Å²) < 4.78 is 40.8. The average Bonchev–Trinajstić information content (AvgIpc) is 2.47. The van der Waals surface area contributed by atoms with E-state index >= 15 is 0 Å². The second-order valence-electron chi connectivity index (χ2n) is 6.49. The largest absolute Gasteiger partial charge is 0.304 e. The highest BCUT2D eigenvalue weighted by Crippen LogP contribution is 2.16. The normalized spacial score (nSPS) is 19.0. The maximum absolute atomic E-state index is 13.8. The zero-order valence-corrected chi connectivity index (χ0v) is 14.9. The fourth-order valence-corrected chi connectivity index (χ4v) is 3.91. The summed E-state index contributed by atoms with van der Waals surface area (Å²) in [7, 11) is -1.70. The Morgan fingerprint density at radius 2 is 1.91 bits per heavy atom. The molecule has 2 rings (SSSR count). The summed E-state index contributed by atoms with van der Waals surface area (Å²) in [6, 6.07) is 4.16. The van der Waals surface area contributed by atoms with Crippen molar-refractivity contribution < 1.29 is 12.8 Å². The molecule has 1 aromatic rings. The van der Waals surface area contributed by atoms with Crippen molar-refractivity contribution in [1.29, 1.82) is 0 Å². The highest BCUT2D eigenvalue weighted by Gasteiger charge is 2.21. The van der Waals surface area contributed by atoms with Gasteiger partial charge < -0.3 is 9.80 Å². The molecule has 1 atom stereocenters. The molecular formula is C16H26FN3O2S. The van der Waals surface area contributed by atoms with E-state index in [1.54, 1.807) is 13.0 Å². The Bertz CT molecular complexity index is 628. The molecule has 1 aliphatic heterocycles. The number of rotatable bonds is 6. The minimum Gasteiger partial charge on any atom is -0.304 e. The first-order valence-electron chi connectivity index (χ1n) is 7.94. The lowest BCUT2D eigenvalue weighted by Gasteiger charge is -2.33. The Labute approximate surface area is 138 Å². The van der Waals surface area contributed by atoms with Crippen LogP contribution in [-0.4, -0.2) is 64.5 Å². The van der Waals surface area contributed by atoms with Gasteiger partial charge in [-0.05, 0) is 37.6 Å². The van der Waals surface area contributed by atoms with Gasteiger partial charge in [-0.25, -0.2) is 17.5 Å². The highest BCUT2D eigenvalue weighted by molar-refractivity contribution is 7.89. The predicted molar refractivity (Wildman–Crippen MR) is 89.4 cm³/mol. The first kappa shape index (κ1) is 18.3. The summed E-state index contributed by atoms with van der Waals surface area (Å²) in [6.45, 7) is 8.95. The van der Waals surface area contributed by atoms with Crippen LogP contribution >= 0.6 is 0 Å². The number of likely N-dealkylation sites (N-methyl/N-ethyl adjacent to an activating group) is 1. The highest BCUT2D eigenvalue weighted by atomic mass is 32.2. The van der Waals surface area contributed by atoms with Crippen molar-refractivity contribution in [3.05, 3.63) is 29.6 Å².